The number of aromatic nitrogens is 2. The van der Waals surface area contributed by atoms with Gasteiger partial charge >= 0.3 is 0 Å². The molecule has 184 valence electrons. The number of hydrogen-bond acceptors (Lipinski definition) is 5. The van der Waals surface area contributed by atoms with Crippen LogP contribution in [0.2, 0.25) is 0 Å². The molecule has 6 nitrogen and oxygen atoms in total. The molecular weight excluding hydrogens is 452 g/mol. The predicted molar refractivity (Wildman–Crippen MR) is 128 cm³/mol. The summed E-state index contributed by atoms with van der Waals surface area (Å²) >= 11 is 0. The van der Waals surface area contributed by atoms with Crippen molar-refractivity contribution < 1.29 is 23.0 Å². The minimum atomic E-state index is -0.805. The molecule has 0 aliphatic heterocycles. The lowest BCUT2D eigenvalue weighted by Gasteiger charge is -2.24. The summed E-state index contributed by atoms with van der Waals surface area (Å²) in [6.45, 7) is 5.13. The van der Waals surface area contributed by atoms with Gasteiger partial charge in [-0.3, -0.25) is 4.90 Å². The van der Waals surface area contributed by atoms with E-state index in [2.05, 4.69) is 5.10 Å². The van der Waals surface area contributed by atoms with Gasteiger partial charge in [0.15, 0.2) is 11.6 Å². The smallest absolute Gasteiger partial charge is 0.227 e. The van der Waals surface area contributed by atoms with Crippen molar-refractivity contribution in [2.45, 2.75) is 45.9 Å². The van der Waals surface area contributed by atoms with Gasteiger partial charge in [0.2, 0.25) is 5.88 Å². The normalized spacial score (nSPS) is 12.3. The first-order valence-electron chi connectivity index (χ1n) is 11.6. The van der Waals surface area contributed by atoms with Crippen molar-refractivity contribution in [3.63, 3.8) is 0 Å². The van der Waals surface area contributed by atoms with Gasteiger partial charge in [0, 0.05) is 19.2 Å². The van der Waals surface area contributed by atoms with Gasteiger partial charge in [0.05, 0.1) is 35.9 Å². The quantitative estimate of drug-likeness (QED) is 0.284. The van der Waals surface area contributed by atoms with Crippen LogP contribution in [-0.2, 0) is 13.1 Å². The zero-order valence-electron chi connectivity index (χ0n) is 19.8. The van der Waals surface area contributed by atoms with Crippen LogP contribution in [0.15, 0.2) is 71.3 Å². The van der Waals surface area contributed by atoms with Gasteiger partial charge in [0.25, 0.3) is 0 Å². The topological polar surface area (TPSA) is 63.7 Å². The van der Waals surface area contributed by atoms with Crippen LogP contribution in [0.25, 0.3) is 5.69 Å². The molecular formula is C27H29F2N3O3. The lowest BCUT2D eigenvalue weighted by molar-refractivity contribution is 0.0926. The second-order valence-corrected chi connectivity index (χ2v) is 8.48. The third kappa shape index (κ3) is 6.15. The van der Waals surface area contributed by atoms with E-state index in [0.717, 1.165) is 35.6 Å². The summed E-state index contributed by atoms with van der Waals surface area (Å²) in [7, 11) is 0. The number of rotatable bonds is 11. The molecule has 0 bridgehead atoms. The van der Waals surface area contributed by atoms with E-state index < -0.39 is 17.7 Å². The fourth-order valence-electron chi connectivity index (χ4n) is 3.99. The van der Waals surface area contributed by atoms with Gasteiger partial charge in [-0.1, -0.05) is 31.5 Å². The lowest BCUT2D eigenvalue weighted by atomic mass is 10.1. The average molecular weight is 482 g/mol. The van der Waals surface area contributed by atoms with Gasteiger partial charge in [-0.15, -0.1) is 0 Å². The highest BCUT2D eigenvalue weighted by Gasteiger charge is 2.24. The second kappa shape index (κ2) is 11.3. The first kappa shape index (κ1) is 24.6. The maximum absolute atomic E-state index is 14.5. The van der Waals surface area contributed by atoms with Gasteiger partial charge in [0.1, 0.15) is 11.6 Å². The van der Waals surface area contributed by atoms with Crippen molar-refractivity contribution in [2.75, 3.05) is 6.54 Å². The maximum atomic E-state index is 14.5. The van der Waals surface area contributed by atoms with E-state index in [9.17, 15) is 13.9 Å². The fraction of sp³-hybridized carbons (Fsp3) is 0.296. The monoisotopic (exact) mass is 481 g/mol. The van der Waals surface area contributed by atoms with Gasteiger partial charge in [-0.25, -0.2) is 13.5 Å². The van der Waals surface area contributed by atoms with Crippen molar-refractivity contribution >= 4 is 0 Å². The number of nitrogens with zero attached hydrogens (tertiary/aromatic N) is 3. The van der Waals surface area contributed by atoms with Crippen molar-refractivity contribution in [1.29, 1.82) is 0 Å². The van der Waals surface area contributed by atoms with Crippen LogP contribution in [0.5, 0.6) is 11.6 Å². The summed E-state index contributed by atoms with van der Waals surface area (Å²) in [4.78, 5) is 2.05. The summed E-state index contributed by atoms with van der Waals surface area (Å²) in [5.74, 6) is -0.506. The van der Waals surface area contributed by atoms with E-state index in [-0.39, 0.29) is 5.75 Å². The van der Waals surface area contributed by atoms with E-state index in [4.69, 9.17) is 9.15 Å². The van der Waals surface area contributed by atoms with Crippen molar-refractivity contribution in [3.05, 3.63) is 95.6 Å². The summed E-state index contributed by atoms with van der Waals surface area (Å²) in [6, 6.07) is 16.3. The van der Waals surface area contributed by atoms with E-state index >= 15 is 0 Å². The number of benzene rings is 2. The molecule has 0 spiro atoms. The number of ether oxygens (including phenoxy) is 1. The molecule has 2 aromatic carbocycles. The predicted octanol–water partition coefficient (Wildman–Crippen LogP) is 6.01. The molecule has 0 aliphatic rings. The summed E-state index contributed by atoms with van der Waals surface area (Å²) < 4.78 is 41.2. The average Bonchev–Trinajstić information content (AvgIpc) is 3.45. The summed E-state index contributed by atoms with van der Waals surface area (Å²) in [5, 5.41) is 15.2. The standard InChI is InChI=1S/C27H29F2N3O3/c1-3-8-22(33)16-31(17-23-11-7-14-34-23)18-24-19(2)30-32(21-9-5-4-6-10-21)27(24)35-26-13-12-20(28)15-25(26)29/h4-7,9-15,22,33H,3,8,16-18H2,1-2H3. The van der Waals surface area contributed by atoms with Crippen LogP contribution < -0.4 is 4.74 Å². The Hall–Kier alpha value is -3.49. The van der Waals surface area contributed by atoms with Gasteiger partial charge < -0.3 is 14.3 Å². The minimum Gasteiger partial charge on any atom is -0.468 e. The van der Waals surface area contributed by atoms with Crippen LogP contribution in [0.3, 0.4) is 0 Å². The van der Waals surface area contributed by atoms with Crippen LogP contribution in [0, 0.1) is 18.6 Å². The lowest BCUT2D eigenvalue weighted by Crippen LogP contribution is -2.31. The molecule has 4 aromatic rings. The Morgan fingerprint density at radius 1 is 1.09 bits per heavy atom. The zero-order valence-corrected chi connectivity index (χ0v) is 19.8. The molecule has 0 fully saturated rings. The highest BCUT2D eigenvalue weighted by Crippen LogP contribution is 2.33. The molecule has 1 unspecified atom stereocenters. The number of halogens is 2. The molecule has 2 aromatic heterocycles. The molecule has 35 heavy (non-hydrogen) atoms. The molecule has 4 rings (SSSR count). The Morgan fingerprint density at radius 3 is 2.57 bits per heavy atom. The molecule has 0 saturated heterocycles. The molecule has 0 amide bonds. The Labute approximate surface area is 203 Å². The fourth-order valence-corrected chi connectivity index (χ4v) is 3.99. The third-order valence-electron chi connectivity index (χ3n) is 5.67. The number of furan rings is 1. The van der Waals surface area contributed by atoms with E-state index in [0.29, 0.717) is 37.6 Å². The van der Waals surface area contributed by atoms with E-state index in [1.54, 1.807) is 10.9 Å². The van der Waals surface area contributed by atoms with Gasteiger partial charge in [-0.2, -0.15) is 5.10 Å². The Kier molecular flexibility index (Phi) is 7.94. The van der Waals surface area contributed by atoms with E-state index in [1.807, 2.05) is 61.2 Å². The first-order chi connectivity index (χ1) is 16.9. The van der Waals surface area contributed by atoms with Crippen LogP contribution in [0.4, 0.5) is 8.78 Å². The Balaban J connectivity index is 1.73. The molecule has 1 N–H and O–H groups in total. The molecule has 2 heterocycles. The summed E-state index contributed by atoms with van der Waals surface area (Å²) in [5.41, 5.74) is 2.16. The van der Waals surface area contributed by atoms with E-state index in [1.165, 1.54) is 6.07 Å². The molecule has 8 heteroatoms. The maximum Gasteiger partial charge on any atom is 0.227 e. The Morgan fingerprint density at radius 2 is 1.89 bits per heavy atom. The molecule has 0 aliphatic carbocycles. The number of aryl methyl sites for hydroxylation is 1. The number of aliphatic hydroxyl groups excluding tert-OH is 1. The van der Waals surface area contributed by atoms with Crippen LogP contribution in [0.1, 0.15) is 36.8 Å². The number of aliphatic hydroxyl groups is 1. The first-order valence-corrected chi connectivity index (χ1v) is 11.6. The van der Waals surface area contributed by atoms with Crippen LogP contribution >= 0.6 is 0 Å². The number of hydrogen-bond donors (Lipinski definition) is 1. The molecule has 1 atom stereocenters. The Bertz CT molecular complexity index is 1230. The highest BCUT2D eigenvalue weighted by molar-refractivity contribution is 5.43. The zero-order chi connectivity index (χ0) is 24.8. The molecule has 0 radical (unpaired) electrons. The minimum absolute atomic E-state index is 0.103. The highest BCUT2D eigenvalue weighted by atomic mass is 19.1. The van der Waals surface area contributed by atoms with Crippen molar-refractivity contribution in [3.8, 4) is 17.3 Å². The largest absolute Gasteiger partial charge is 0.468 e. The number of para-hydroxylation sites is 1. The molecule has 0 saturated carbocycles. The van der Waals surface area contributed by atoms with Gasteiger partial charge in [-0.05, 0) is 49.7 Å². The summed E-state index contributed by atoms with van der Waals surface area (Å²) in [6.07, 6.45) is 2.62. The second-order valence-electron chi connectivity index (χ2n) is 8.48. The third-order valence-corrected chi connectivity index (χ3v) is 5.67. The van der Waals surface area contributed by atoms with Crippen molar-refractivity contribution in [2.24, 2.45) is 0 Å². The SMILES string of the molecule is CCCC(O)CN(Cc1ccco1)Cc1c(C)nn(-c2ccccc2)c1Oc1ccc(F)cc1F. The van der Waals surface area contributed by atoms with Crippen molar-refractivity contribution in [1.82, 2.24) is 14.7 Å². The van der Waals surface area contributed by atoms with Crippen LogP contribution in [-0.4, -0.2) is 32.4 Å².